The predicted molar refractivity (Wildman–Crippen MR) is 68.2 cm³/mol. The molecule has 0 amide bonds. The van der Waals surface area contributed by atoms with Crippen molar-refractivity contribution in [3.8, 4) is 5.69 Å². The zero-order valence-electron chi connectivity index (χ0n) is 10.1. The zero-order valence-corrected chi connectivity index (χ0v) is 10.1. The molecule has 0 saturated heterocycles. The molecule has 0 bridgehead atoms. The molecule has 1 aromatic carbocycles. The molecule has 0 unspecified atom stereocenters. The van der Waals surface area contributed by atoms with Gasteiger partial charge in [-0.3, -0.25) is 0 Å². The summed E-state index contributed by atoms with van der Waals surface area (Å²) in [6, 6.07) is 9.25. The Hall–Kier alpha value is -1.61. The monoisotopic (exact) mass is 227 g/mol. The van der Waals surface area contributed by atoms with Crippen molar-refractivity contribution < 1.29 is 0 Å². The van der Waals surface area contributed by atoms with Gasteiger partial charge in [-0.25, -0.2) is 4.98 Å². The highest BCUT2D eigenvalue weighted by Crippen LogP contribution is 2.21. The number of hydrogen-bond donors (Lipinski definition) is 1. The molecule has 0 radical (unpaired) electrons. The minimum absolute atomic E-state index is 0.743. The summed E-state index contributed by atoms with van der Waals surface area (Å²) in [6.07, 6.45) is 6.52. The van der Waals surface area contributed by atoms with E-state index in [-0.39, 0.29) is 0 Å². The van der Waals surface area contributed by atoms with Crippen LogP contribution in [0.1, 0.15) is 24.2 Å². The highest BCUT2D eigenvalue weighted by Gasteiger charge is 2.20. The summed E-state index contributed by atoms with van der Waals surface area (Å²) in [5.41, 5.74) is 2.57. The van der Waals surface area contributed by atoms with Crippen molar-refractivity contribution in [2.24, 2.45) is 0 Å². The number of nitrogens with zero attached hydrogens (tertiary/aromatic N) is 2. The molecule has 0 spiro atoms. The molecule has 1 aromatic heterocycles. The second-order valence-corrected chi connectivity index (χ2v) is 4.63. The smallest absolute Gasteiger partial charge is 0.110 e. The lowest BCUT2D eigenvalue weighted by atomic mass is 10.1. The molecule has 1 N–H and O–H groups in total. The van der Waals surface area contributed by atoms with Gasteiger partial charge in [-0.05, 0) is 31.4 Å². The molecule has 0 atom stereocenters. The summed E-state index contributed by atoms with van der Waals surface area (Å²) >= 11 is 0. The van der Waals surface area contributed by atoms with Crippen LogP contribution in [0.25, 0.3) is 5.69 Å². The fourth-order valence-electron chi connectivity index (χ4n) is 2.07. The van der Waals surface area contributed by atoms with Crippen molar-refractivity contribution in [2.45, 2.75) is 32.4 Å². The second kappa shape index (κ2) is 4.34. The van der Waals surface area contributed by atoms with Gasteiger partial charge in [0.15, 0.2) is 0 Å². The molecule has 1 fully saturated rings. The maximum absolute atomic E-state index is 4.28. The first kappa shape index (κ1) is 10.5. The van der Waals surface area contributed by atoms with Crippen LogP contribution in [-0.2, 0) is 6.54 Å². The van der Waals surface area contributed by atoms with Crippen molar-refractivity contribution in [1.82, 2.24) is 14.9 Å². The Balaban J connectivity index is 1.89. The highest BCUT2D eigenvalue weighted by molar-refractivity contribution is 5.42. The molecule has 3 heteroatoms. The fourth-order valence-corrected chi connectivity index (χ4v) is 2.07. The standard InChI is InChI=1S/C14H17N3/c1-11-15-8-9-17(11)14-5-3-2-4-12(14)10-16-13-6-7-13/h2-5,8-9,13,16H,6-7,10H2,1H3. The molecule has 17 heavy (non-hydrogen) atoms. The van der Waals surface area contributed by atoms with Gasteiger partial charge in [0.05, 0.1) is 5.69 Å². The minimum atomic E-state index is 0.743. The molecule has 1 aliphatic carbocycles. The van der Waals surface area contributed by atoms with Gasteiger partial charge >= 0.3 is 0 Å². The van der Waals surface area contributed by atoms with Gasteiger partial charge in [0, 0.05) is 25.0 Å². The van der Waals surface area contributed by atoms with Crippen LogP contribution >= 0.6 is 0 Å². The molecule has 1 heterocycles. The van der Waals surface area contributed by atoms with Gasteiger partial charge in [-0.15, -0.1) is 0 Å². The molecule has 2 aromatic rings. The normalized spacial score (nSPS) is 15.1. The van der Waals surface area contributed by atoms with Crippen LogP contribution < -0.4 is 5.32 Å². The molecule has 3 rings (SSSR count). The van der Waals surface area contributed by atoms with E-state index < -0.39 is 0 Å². The first-order chi connectivity index (χ1) is 8.34. The average molecular weight is 227 g/mol. The lowest BCUT2D eigenvalue weighted by Crippen LogP contribution is -2.16. The summed E-state index contributed by atoms with van der Waals surface area (Å²) in [5.74, 6) is 1.03. The lowest BCUT2D eigenvalue weighted by molar-refractivity contribution is 0.684. The van der Waals surface area contributed by atoms with E-state index in [1.807, 2.05) is 19.3 Å². The lowest BCUT2D eigenvalue weighted by Gasteiger charge is -2.12. The predicted octanol–water partition coefficient (Wildman–Crippen LogP) is 2.43. The third-order valence-corrected chi connectivity index (χ3v) is 3.24. The van der Waals surface area contributed by atoms with Crippen LogP contribution in [0.3, 0.4) is 0 Å². The Kier molecular flexibility index (Phi) is 2.69. The number of aryl methyl sites for hydroxylation is 1. The Morgan fingerprint density at radius 2 is 2.18 bits per heavy atom. The number of rotatable bonds is 4. The summed E-state index contributed by atoms with van der Waals surface area (Å²) < 4.78 is 2.14. The maximum Gasteiger partial charge on any atom is 0.110 e. The van der Waals surface area contributed by atoms with E-state index in [0.29, 0.717) is 0 Å². The van der Waals surface area contributed by atoms with Crippen LogP contribution in [0.4, 0.5) is 0 Å². The fraction of sp³-hybridized carbons (Fsp3) is 0.357. The van der Waals surface area contributed by atoms with E-state index in [1.54, 1.807) is 0 Å². The number of aromatic nitrogens is 2. The van der Waals surface area contributed by atoms with E-state index in [9.17, 15) is 0 Å². The van der Waals surface area contributed by atoms with Crippen LogP contribution in [-0.4, -0.2) is 15.6 Å². The van der Waals surface area contributed by atoms with Gasteiger partial charge in [-0.1, -0.05) is 18.2 Å². The number of benzene rings is 1. The van der Waals surface area contributed by atoms with Crippen LogP contribution in [0.15, 0.2) is 36.7 Å². The van der Waals surface area contributed by atoms with Gasteiger partial charge in [0.2, 0.25) is 0 Å². The number of hydrogen-bond acceptors (Lipinski definition) is 2. The first-order valence-electron chi connectivity index (χ1n) is 6.16. The van der Waals surface area contributed by atoms with Crippen LogP contribution in [0.2, 0.25) is 0 Å². The molecule has 0 aliphatic heterocycles. The van der Waals surface area contributed by atoms with Crippen LogP contribution in [0.5, 0.6) is 0 Å². The zero-order chi connectivity index (χ0) is 11.7. The molecule has 1 saturated carbocycles. The molecule has 88 valence electrons. The van der Waals surface area contributed by atoms with E-state index in [0.717, 1.165) is 18.4 Å². The van der Waals surface area contributed by atoms with Gasteiger partial charge in [0.1, 0.15) is 5.82 Å². The highest BCUT2D eigenvalue weighted by atomic mass is 15.1. The summed E-state index contributed by atoms with van der Waals surface area (Å²) in [5, 5.41) is 3.56. The number of para-hydroxylation sites is 1. The van der Waals surface area contributed by atoms with Gasteiger partial charge in [0.25, 0.3) is 0 Å². The van der Waals surface area contributed by atoms with Crippen molar-refractivity contribution in [3.05, 3.63) is 48.0 Å². The summed E-state index contributed by atoms with van der Waals surface area (Å²) in [4.78, 5) is 4.28. The summed E-state index contributed by atoms with van der Waals surface area (Å²) in [6.45, 7) is 2.98. The van der Waals surface area contributed by atoms with Crippen molar-refractivity contribution in [1.29, 1.82) is 0 Å². The van der Waals surface area contributed by atoms with E-state index >= 15 is 0 Å². The van der Waals surface area contributed by atoms with Gasteiger partial charge < -0.3 is 9.88 Å². The topological polar surface area (TPSA) is 29.9 Å². The van der Waals surface area contributed by atoms with Crippen LogP contribution in [0, 0.1) is 6.92 Å². The van der Waals surface area contributed by atoms with Crippen molar-refractivity contribution in [3.63, 3.8) is 0 Å². The molecular weight excluding hydrogens is 210 g/mol. The number of nitrogens with one attached hydrogen (secondary N) is 1. The largest absolute Gasteiger partial charge is 0.310 e. The van der Waals surface area contributed by atoms with Gasteiger partial charge in [-0.2, -0.15) is 0 Å². The Bertz CT molecular complexity index is 512. The SMILES string of the molecule is Cc1nccn1-c1ccccc1CNC1CC1. The van der Waals surface area contributed by atoms with E-state index in [2.05, 4.69) is 39.1 Å². The Morgan fingerprint density at radius 3 is 2.88 bits per heavy atom. The Morgan fingerprint density at radius 1 is 1.35 bits per heavy atom. The molecular formula is C14H17N3. The summed E-state index contributed by atoms with van der Waals surface area (Å²) in [7, 11) is 0. The van der Waals surface area contributed by atoms with Crippen molar-refractivity contribution in [2.75, 3.05) is 0 Å². The average Bonchev–Trinajstić information content (AvgIpc) is 3.09. The number of imidazole rings is 1. The Labute approximate surface area is 101 Å². The minimum Gasteiger partial charge on any atom is -0.310 e. The maximum atomic E-state index is 4.28. The second-order valence-electron chi connectivity index (χ2n) is 4.63. The molecule has 1 aliphatic rings. The van der Waals surface area contributed by atoms with E-state index in [1.165, 1.54) is 24.1 Å². The third-order valence-electron chi connectivity index (χ3n) is 3.24. The van der Waals surface area contributed by atoms with E-state index in [4.69, 9.17) is 0 Å². The third kappa shape index (κ3) is 2.24. The molecule has 3 nitrogen and oxygen atoms in total. The van der Waals surface area contributed by atoms with Crippen molar-refractivity contribution >= 4 is 0 Å². The quantitative estimate of drug-likeness (QED) is 0.869. The first-order valence-corrected chi connectivity index (χ1v) is 6.16.